The molecule has 11 heteroatoms. The lowest BCUT2D eigenvalue weighted by Gasteiger charge is -2.27. The van der Waals surface area contributed by atoms with Crippen molar-refractivity contribution in [3.05, 3.63) is 33.2 Å². The van der Waals surface area contributed by atoms with Gasteiger partial charge in [-0.15, -0.1) is 0 Å². The molecule has 1 unspecified atom stereocenters. The summed E-state index contributed by atoms with van der Waals surface area (Å²) in [4.78, 5) is 18.6. The Kier molecular flexibility index (Phi) is 3.96. The number of azide groups is 1. The Hall–Kier alpha value is -2.17. The van der Waals surface area contributed by atoms with Crippen molar-refractivity contribution in [2.45, 2.75) is 44.0 Å². The van der Waals surface area contributed by atoms with E-state index < -0.39 is 36.3 Å². The van der Waals surface area contributed by atoms with Crippen LogP contribution in [0.3, 0.4) is 0 Å². The van der Waals surface area contributed by atoms with Crippen molar-refractivity contribution in [3.63, 3.8) is 0 Å². The first kappa shape index (κ1) is 15.7. The molecule has 11 nitrogen and oxygen atoms in total. The summed E-state index contributed by atoms with van der Waals surface area (Å²) in [5.41, 5.74) is 12.5. The maximum Gasteiger partial charge on any atom is 0.351 e. The fourth-order valence-electron chi connectivity index (χ4n) is 2.81. The molecule has 124 valence electrons. The summed E-state index contributed by atoms with van der Waals surface area (Å²) in [5.74, 6) is 0.0935. The van der Waals surface area contributed by atoms with E-state index in [0.29, 0.717) is 6.42 Å². The third-order valence-corrected chi connectivity index (χ3v) is 3.91. The zero-order valence-corrected chi connectivity index (χ0v) is 12.5. The van der Waals surface area contributed by atoms with Crippen molar-refractivity contribution in [1.29, 1.82) is 0 Å². The van der Waals surface area contributed by atoms with Crippen LogP contribution in [0.15, 0.2) is 22.2 Å². The largest absolute Gasteiger partial charge is 0.383 e. The number of rotatable bonds is 4. The fourth-order valence-corrected chi connectivity index (χ4v) is 2.81. The van der Waals surface area contributed by atoms with E-state index in [1.165, 1.54) is 23.9 Å². The minimum Gasteiger partial charge on any atom is -0.383 e. The molecule has 2 aliphatic heterocycles. The van der Waals surface area contributed by atoms with Crippen LogP contribution in [0.2, 0.25) is 0 Å². The van der Waals surface area contributed by atoms with Crippen LogP contribution in [0.4, 0.5) is 5.82 Å². The standard InChI is InChI=1S/C12H16N6O5/c1-3-12(16-17-14)8-7(21-11(20-2)22-8)9(23-12)18-5-4-6(13)15-10(18)19/h4-5,7-9,11H,3H2,1-2H3,(H2,13,15,19)/t7?,8-,9+,11+,12+/m0/s1. The second kappa shape index (κ2) is 5.80. The minimum absolute atomic E-state index is 0.0935. The number of nitrogens with two attached hydrogens (primary N) is 1. The molecule has 2 aliphatic rings. The SMILES string of the molecule is CC[C@@]1(N=[N+]=[N-])O[C@@H](n2ccc(N)nc2=O)C2O[C@@H](OC)O[C@@H]21. The van der Waals surface area contributed by atoms with Gasteiger partial charge in [0.2, 0.25) is 0 Å². The maximum absolute atomic E-state index is 12.1. The molecule has 2 N–H and O–H groups in total. The van der Waals surface area contributed by atoms with Gasteiger partial charge in [0, 0.05) is 18.2 Å². The molecule has 0 aromatic carbocycles. The number of methoxy groups -OCH3 is 1. The maximum atomic E-state index is 12.1. The first-order valence-electron chi connectivity index (χ1n) is 6.97. The molecule has 0 amide bonds. The summed E-state index contributed by atoms with van der Waals surface area (Å²) < 4.78 is 23.4. The van der Waals surface area contributed by atoms with Gasteiger partial charge in [0.25, 0.3) is 6.48 Å². The van der Waals surface area contributed by atoms with Crippen molar-refractivity contribution in [2.75, 3.05) is 12.8 Å². The van der Waals surface area contributed by atoms with E-state index in [2.05, 4.69) is 15.0 Å². The third kappa shape index (κ3) is 2.44. The van der Waals surface area contributed by atoms with Crippen LogP contribution in [-0.2, 0) is 18.9 Å². The van der Waals surface area contributed by atoms with Gasteiger partial charge in [-0.05, 0) is 18.0 Å². The van der Waals surface area contributed by atoms with Crippen LogP contribution in [0, 0.1) is 0 Å². The molecule has 1 aromatic rings. The quantitative estimate of drug-likeness (QED) is 0.481. The van der Waals surface area contributed by atoms with Crippen molar-refractivity contribution in [3.8, 4) is 0 Å². The lowest BCUT2D eigenvalue weighted by atomic mass is 10.0. The van der Waals surface area contributed by atoms with E-state index in [1.54, 1.807) is 6.92 Å². The number of anilines is 1. The van der Waals surface area contributed by atoms with Crippen LogP contribution in [0.1, 0.15) is 19.6 Å². The van der Waals surface area contributed by atoms with Gasteiger partial charge in [0.05, 0.1) is 0 Å². The molecule has 0 radical (unpaired) electrons. The number of hydrogen-bond acceptors (Lipinski definition) is 8. The molecular formula is C12H16N6O5. The van der Waals surface area contributed by atoms with E-state index in [9.17, 15) is 4.79 Å². The number of nitrogen functional groups attached to an aromatic ring is 1. The molecule has 3 heterocycles. The van der Waals surface area contributed by atoms with E-state index >= 15 is 0 Å². The number of ether oxygens (including phenoxy) is 4. The molecule has 0 bridgehead atoms. The molecule has 0 saturated carbocycles. The first-order chi connectivity index (χ1) is 11.0. The van der Waals surface area contributed by atoms with Gasteiger partial charge < -0.3 is 24.7 Å². The highest BCUT2D eigenvalue weighted by Gasteiger charge is 2.61. The number of hydrogen-bond donors (Lipinski definition) is 1. The molecule has 2 fully saturated rings. The Bertz CT molecular complexity index is 703. The molecule has 0 aliphatic carbocycles. The van der Waals surface area contributed by atoms with E-state index in [0.717, 1.165) is 0 Å². The highest BCUT2D eigenvalue weighted by atomic mass is 16.9. The van der Waals surface area contributed by atoms with Gasteiger partial charge in [0.1, 0.15) is 18.0 Å². The molecule has 23 heavy (non-hydrogen) atoms. The Labute approximate surface area is 130 Å². The summed E-state index contributed by atoms with van der Waals surface area (Å²) >= 11 is 0. The third-order valence-electron chi connectivity index (χ3n) is 3.91. The number of fused-ring (bicyclic) bond motifs is 1. The summed E-state index contributed by atoms with van der Waals surface area (Å²) in [6.07, 6.45) is -0.536. The van der Waals surface area contributed by atoms with E-state index in [1.807, 2.05) is 0 Å². The van der Waals surface area contributed by atoms with Gasteiger partial charge in [-0.2, -0.15) is 4.98 Å². The average molecular weight is 324 g/mol. The van der Waals surface area contributed by atoms with Crippen LogP contribution in [0.5, 0.6) is 0 Å². The zero-order valence-electron chi connectivity index (χ0n) is 12.5. The number of aromatic nitrogens is 2. The summed E-state index contributed by atoms with van der Waals surface area (Å²) in [6, 6.07) is 1.46. The lowest BCUT2D eigenvalue weighted by Crippen LogP contribution is -2.39. The van der Waals surface area contributed by atoms with Gasteiger partial charge >= 0.3 is 5.69 Å². The van der Waals surface area contributed by atoms with Crippen LogP contribution >= 0.6 is 0 Å². The molecular weight excluding hydrogens is 308 g/mol. The topological polar surface area (TPSA) is 147 Å². The van der Waals surface area contributed by atoms with Crippen LogP contribution in [0.25, 0.3) is 10.4 Å². The zero-order chi connectivity index (χ0) is 16.6. The second-order valence-corrected chi connectivity index (χ2v) is 5.12. The van der Waals surface area contributed by atoms with Gasteiger partial charge in [-0.25, -0.2) is 4.79 Å². The van der Waals surface area contributed by atoms with Gasteiger partial charge in [-0.3, -0.25) is 4.57 Å². The normalized spacial score (nSPS) is 35.7. The Morgan fingerprint density at radius 1 is 1.61 bits per heavy atom. The van der Waals surface area contributed by atoms with E-state index in [4.69, 9.17) is 30.2 Å². The fraction of sp³-hybridized carbons (Fsp3) is 0.667. The molecule has 3 rings (SSSR count). The summed E-state index contributed by atoms with van der Waals surface area (Å²) in [7, 11) is 1.42. The minimum atomic E-state index is -1.31. The molecule has 1 aromatic heterocycles. The van der Waals surface area contributed by atoms with Crippen molar-refractivity contribution in [1.82, 2.24) is 9.55 Å². The average Bonchev–Trinajstić information content (AvgIpc) is 3.07. The Morgan fingerprint density at radius 3 is 3.00 bits per heavy atom. The predicted octanol–water partition coefficient (Wildman–Crippen LogP) is 0.485. The number of nitrogens with zero attached hydrogens (tertiary/aromatic N) is 5. The smallest absolute Gasteiger partial charge is 0.351 e. The monoisotopic (exact) mass is 324 g/mol. The van der Waals surface area contributed by atoms with Crippen molar-refractivity contribution < 1.29 is 18.9 Å². The second-order valence-electron chi connectivity index (χ2n) is 5.12. The molecule has 5 atom stereocenters. The summed E-state index contributed by atoms with van der Waals surface area (Å²) in [6.45, 7) is 0.843. The Balaban J connectivity index is 2.04. The van der Waals surface area contributed by atoms with Crippen molar-refractivity contribution >= 4 is 5.82 Å². The van der Waals surface area contributed by atoms with Crippen LogP contribution < -0.4 is 11.4 Å². The van der Waals surface area contributed by atoms with Crippen molar-refractivity contribution in [2.24, 2.45) is 5.11 Å². The van der Waals surface area contributed by atoms with Crippen LogP contribution in [-0.4, -0.2) is 41.1 Å². The highest BCUT2D eigenvalue weighted by molar-refractivity contribution is 5.23. The lowest BCUT2D eigenvalue weighted by molar-refractivity contribution is -0.268. The van der Waals surface area contributed by atoms with Gasteiger partial charge in [0.15, 0.2) is 12.0 Å². The highest BCUT2D eigenvalue weighted by Crippen LogP contribution is 2.47. The van der Waals surface area contributed by atoms with E-state index in [-0.39, 0.29) is 5.82 Å². The molecule has 0 spiro atoms. The Morgan fingerprint density at radius 2 is 2.39 bits per heavy atom. The first-order valence-corrected chi connectivity index (χ1v) is 6.97. The summed E-state index contributed by atoms with van der Waals surface area (Å²) in [5, 5.41) is 3.75. The molecule has 2 saturated heterocycles. The predicted molar refractivity (Wildman–Crippen MR) is 75.7 cm³/mol. The van der Waals surface area contributed by atoms with Gasteiger partial charge in [-0.1, -0.05) is 12.0 Å².